The summed E-state index contributed by atoms with van der Waals surface area (Å²) >= 11 is 1.55. The molecule has 4 rings (SSSR count). The summed E-state index contributed by atoms with van der Waals surface area (Å²) in [6.07, 6.45) is 3.68. The molecule has 2 aromatic carbocycles. The zero-order valence-electron chi connectivity index (χ0n) is 19.6. The van der Waals surface area contributed by atoms with E-state index in [-0.39, 0.29) is 5.91 Å². The number of nitrogens with one attached hydrogen (secondary N) is 2. The van der Waals surface area contributed by atoms with Gasteiger partial charge in [-0.3, -0.25) is 4.79 Å². The summed E-state index contributed by atoms with van der Waals surface area (Å²) in [6.45, 7) is 11.2. The highest BCUT2D eigenvalue weighted by Gasteiger charge is 2.12. The van der Waals surface area contributed by atoms with Crippen LogP contribution in [0.5, 0.6) is 0 Å². The minimum atomic E-state index is -0.234. The van der Waals surface area contributed by atoms with Crippen molar-refractivity contribution in [1.82, 2.24) is 9.97 Å². The van der Waals surface area contributed by atoms with Crippen LogP contribution in [-0.4, -0.2) is 48.7 Å². The van der Waals surface area contributed by atoms with E-state index in [1.54, 1.807) is 17.8 Å². The molecular formula is C27H29N5O2S. The maximum Gasteiger partial charge on any atom is 0.247 e. The van der Waals surface area contributed by atoms with Gasteiger partial charge in [0.2, 0.25) is 5.91 Å². The first-order valence-electron chi connectivity index (χ1n) is 11.5. The van der Waals surface area contributed by atoms with Crippen molar-refractivity contribution in [3.63, 3.8) is 0 Å². The number of hydrogen-bond acceptors (Lipinski definition) is 7. The van der Waals surface area contributed by atoms with Crippen LogP contribution in [0.3, 0.4) is 0 Å². The monoisotopic (exact) mass is 487 g/mol. The fraction of sp³-hybridized carbons (Fsp3) is 0.222. The van der Waals surface area contributed by atoms with E-state index in [1.807, 2.05) is 30.3 Å². The van der Waals surface area contributed by atoms with E-state index in [0.29, 0.717) is 13.0 Å². The first-order valence-corrected chi connectivity index (χ1v) is 12.3. The summed E-state index contributed by atoms with van der Waals surface area (Å²) in [5.41, 5.74) is 3.08. The maximum absolute atomic E-state index is 11.5. The van der Waals surface area contributed by atoms with Gasteiger partial charge in [-0.15, -0.1) is 6.58 Å². The fourth-order valence-corrected chi connectivity index (χ4v) is 4.46. The van der Waals surface area contributed by atoms with E-state index in [9.17, 15) is 4.79 Å². The number of carbonyl (C=O) groups excluding carboxylic acids is 1. The molecule has 1 aliphatic rings. The SMILES string of the molecule is C=CCNc1cc(Sc2ccc(NC(=O)C=C)cc2)nc(Cc2ccc(N3CCOCC3)cc2)n1. The largest absolute Gasteiger partial charge is 0.378 e. The van der Waals surface area contributed by atoms with Crippen LogP contribution in [0.1, 0.15) is 11.4 Å². The van der Waals surface area contributed by atoms with Crippen LogP contribution in [0.25, 0.3) is 0 Å². The van der Waals surface area contributed by atoms with E-state index < -0.39 is 0 Å². The van der Waals surface area contributed by atoms with Crippen LogP contribution in [0, 0.1) is 0 Å². The second-order valence-electron chi connectivity index (χ2n) is 7.94. The number of aromatic nitrogens is 2. The first kappa shape index (κ1) is 24.5. The van der Waals surface area contributed by atoms with Gasteiger partial charge in [0.1, 0.15) is 16.7 Å². The molecule has 0 aliphatic carbocycles. The number of morpholine rings is 1. The molecule has 2 N–H and O–H groups in total. The number of carbonyl (C=O) groups is 1. The molecule has 0 atom stereocenters. The first-order chi connectivity index (χ1) is 17.1. The molecule has 1 saturated heterocycles. The van der Waals surface area contributed by atoms with E-state index in [1.165, 1.54) is 11.8 Å². The summed E-state index contributed by atoms with van der Waals surface area (Å²) in [5, 5.41) is 6.88. The highest BCUT2D eigenvalue weighted by Crippen LogP contribution is 2.29. The van der Waals surface area contributed by atoms with Gasteiger partial charge < -0.3 is 20.3 Å². The smallest absolute Gasteiger partial charge is 0.247 e. The number of anilines is 3. The molecule has 1 fully saturated rings. The zero-order chi connectivity index (χ0) is 24.5. The van der Waals surface area contributed by atoms with Gasteiger partial charge in [0.15, 0.2) is 0 Å². The molecule has 0 saturated carbocycles. The molecule has 0 bridgehead atoms. The third kappa shape index (κ3) is 7.18. The number of nitrogens with zero attached hydrogens (tertiary/aromatic N) is 3. The Kier molecular flexibility index (Phi) is 8.53. The normalized spacial score (nSPS) is 13.2. The van der Waals surface area contributed by atoms with Crippen LogP contribution in [-0.2, 0) is 16.0 Å². The van der Waals surface area contributed by atoms with Crippen LogP contribution >= 0.6 is 11.8 Å². The van der Waals surface area contributed by atoms with Crippen LogP contribution in [0.15, 0.2) is 89.8 Å². The predicted molar refractivity (Wildman–Crippen MR) is 142 cm³/mol. The summed E-state index contributed by atoms with van der Waals surface area (Å²) in [5.74, 6) is 1.27. The number of amides is 1. The Hall–Kier alpha value is -3.62. The number of rotatable bonds is 10. The molecular weight excluding hydrogens is 458 g/mol. The number of benzene rings is 2. The molecule has 1 amide bonds. The standard InChI is InChI=1S/C27H29N5O2S/c1-3-13-28-24-19-27(35-23-11-7-21(8-12-23)29-26(33)4-2)31-25(30-24)18-20-5-9-22(10-6-20)32-14-16-34-17-15-32/h3-12,19H,1-2,13-18H2,(H,29,33)(H,28,30,31). The van der Waals surface area contributed by atoms with Crippen molar-refractivity contribution in [3.05, 3.63) is 91.3 Å². The molecule has 180 valence electrons. The minimum Gasteiger partial charge on any atom is -0.378 e. The Morgan fingerprint density at radius 3 is 2.49 bits per heavy atom. The minimum absolute atomic E-state index is 0.234. The summed E-state index contributed by atoms with van der Waals surface area (Å²) in [4.78, 5) is 24.4. The van der Waals surface area contributed by atoms with E-state index in [0.717, 1.165) is 59.1 Å². The molecule has 2 heterocycles. The molecule has 7 nitrogen and oxygen atoms in total. The van der Waals surface area contributed by atoms with Gasteiger partial charge in [-0.25, -0.2) is 9.97 Å². The quantitative estimate of drug-likeness (QED) is 0.242. The fourth-order valence-electron chi connectivity index (χ4n) is 3.62. The van der Waals surface area contributed by atoms with Gasteiger partial charge in [0.05, 0.1) is 13.2 Å². The third-order valence-corrected chi connectivity index (χ3v) is 6.31. The lowest BCUT2D eigenvalue weighted by Crippen LogP contribution is -2.36. The number of hydrogen-bond donors (Lipinski definition) is 2. The lowest BCUT2D eigenvalue weighted by molar-refractivity contribution is -0.111. The van der Waals surface area contributed by atoms with Gasteiger partial charge in [0.25, 0.3) is 0 Å². The van der Waals surface area contributed by atoms with Gasteiger partial charge in [-0.1, -0.05) is 36.5 Å². The second-order valence-corrected chi connectivity index (χ2v) is 9.03. The lowest BCUT2D eigenvalue weighted by Gasteiger charge is -2.28. The van der Waals surface area contributed by atoms with E-state index >= 15 is 0 Å². The average Bonchev–Trinajstić information content (AvgIpc) is 2.89. The van der Waals surface area contributed by atoms with Crippen molar-refractivity contribution in [3.8, 4) is 0 Å². The van der Waals surface area contributed by atoms with Crippen LogP contribution < -0.4 is 15.5 Å². The van der Waals surface area contributed by atoms with E-state index in [4.69, 9.17) is 14.7 Å². The van der Waals surface area contributed by atoms with Crippen molar-refractivity contribution < 1.29 is 9.53 Å². The van der Waals surface area contributed by atoms with Gasteiger partial charge in [0, 0.05) is 48.4 Å². The Labute approximate surface area is 210 Å². The Bertz CT molecular complexity index is 1160. The molecule has 3 aromatic rings. The van der Waals surface area contributed by atoms with Crippen molar-refractivity contribution in [2.75, 3.05) is 48.4 Å². The predicted octanol–water partition coefficient (Wildman–Crippen LogP) is 4.78. The topological polar surface area (TPSA) is 79.4 Å². The van der Waals surface area contributed by atoms with Crippen molar-refractivity contribution in [2.24, 2.45) is 0 Å². The molecule has 1 aliphatic heterocycles. The highest BCUT2D eigenvalue weighted by molar-refractivity contribution is 7.99. The maximum atomic E-state index is 11.5. The molecule has 8 heteroatoms. The van der Waals surface area contributed by atoms with Gasteiger partial charge >= 0.3 is 0 Å². The third-order valence-electron chi connectivity index (χ3n) is 5.38. The Balaban J connectivity index is 1.48. The van der Waals surface area contributed by atoms with Crippen molar-refractivity contribution in [2.45, 2.75) is 16.3 Å². The van der Waals surface area contributed by atoms with Crippen molar-refractivity contribution in [1.29, 1.82) is 0 Å². The summed E-state index contributed by atoms with van der Waals surface area (Å²) < 4.78 is 5.45. The van der Waals surface area contributed by atoms with E-state index in [2.05, 4.69) is 53.0 Å². The molecule has 0 radical (unpaired) electrons. The molecule has 1 aromatic heterocycles. The Morgan fingerprint density at radius 1 is 1.06 bits per heavy atom. The lowest BCUT2D eigenvalue weighted by atomic mass is 10.1. The second kappa shape index (κ2) is 12.2. The average molecular weight is 488 g/mol. The number of ether oxygens (including phenoxy) is 1. The molecule has 0 spiro atoms. The summed E-state index contributed by atoms with van der Waals surface area (Å²) in [6, 6.07) is 18.1. The van der Waals surface area contributed by atoms with Crippen LogP contribution in [0.4, 0.5) is 17.2 Å². The molecule has 35 heavy (non-hydrogen) atoms. The van der Waals surface area contributed by atoms with Gasteiger partial charge in [-0.05, 0) is 48.0 Å². The summed E-state index contributed by atoms with van der Waals surface area (Å²) in [7, 11) is 0. The van der Waals surface area contributed by atoms with Gasteiger partial charge in [-0.2, -0.15) is 0 Å². The van der Waals surface area contributed by atoms with Crippen LogP contribution in [0.2, 0.25) is 0 Å². The zero-order valence-corrected chi connectivity index (χ0v) is 20.4. The Morgan fingerprint density at radius 2 is 1.80 bits per heavy atom. The molecule has 0 unspecified atom stereocenters. The van der Waals surface area contributed by atoms with Crippen molar-refractivity contribution >= 4 is 34.9 Å². The highest BCUT2D eigenvalue weighted by atomic mass is 32.2.